The molecule has 4 amide bonds. The molecule has 34 heavy (non-hydrogen) atoms. The molecule has 0 saturated carbocycles. The maximum absolute atomic E-state index is 12.6. The number of benzene rings is 2. The molecule has 1 saturated heterocycles. The lowest BCUT2D eigenvalue weighted by Gasteiger charge is -2.34. The smallest absolute Gasteiger partial charge is 0.321 e. The average Bonchev–Trinajstić information content (AvgIpc) is 2.84. The third kappa shape index (κ3) is 5.93. The number of carbonyl (C=O) groups excluding carboxylic acids is 2. The molecular weight excluding hydrogens is 432 g/mol. The van der Waals surface area contributed by atoms with Gasteiger partial charge < -0.3 is 25.6 Å². The van der Waals surface area contributed by atoms with E-state index >= 15 is 0 Å². The van der Waals surface area contributed by atoms with Gasteiger partial charge in [-0.2, -0.15) is 0 Å². The molecule has 1 fully saturated rings. The van der Waals surface area contributed by atoms with E-state index in [1.54, 1.807) is 18.1 Å². The first-order valence-corrected chi connectivity index (χ1v) is 11.4. The zero-order valence-electron chi connectivity index (χ0n) is 19.5. The molecule has 0 aliphatic carbocycles. The number of hydrogen-bond acceptors (Lipinski definition) is 5. The second-order valence-corrected chi connectivity index (χ2v) is 8.20. The number of piperazine rings is 1. The number of aryl methyl sites for hydroxylation is 1. The van der Waals surface area contributed by atoms with Gasteiger partial charge in [0.05, 0.1) is 18.3 Å². The molecule has 1 aliphatic heterocycles. The summed E-state index contributed by atoms with van der Waals surface area (Å²) in [4.78, 5) is 33.5. The van der Waals surface area contributed by atoms with Gasteiger partial charge in [0.25, 0.3) is 0 Å². The molecule has 3 N–H and O–H groups in total. The van der Waals surface area contributed by atoms with Crippen LogP contribution in [0.1, 0.15) is 5.69 Å². The molecule has 0 radical (unpaired) electrons. The van der Waals surface area contributed by atoms with Crippen molar-refractivity contribution in [3.05, 3.63) is 60.3 Å². The summed E-state index contributed by atoms with van der Waals surface area (Å²) in [6, 6.07) is 16.6. The van der Waals surface area contributed by atoms with Crippen LogP contribution in [-0.4, -0.2) is 73.2 Å². The number of rotatable bonds is 6. The normalized spacial score (nSPS) is 14.0. The fourth-order valence-corrected chi connectivity index (χ4v) is 3.98. The Morgan fingerprint density at radius 1 is 1.00 bits per heavy atom. The molecular formula is C25H30N6O3. The van der Waals surface area contributed by atoms with Gasteiger partial charge in [-0.25, -0.2) is 9.59 Å². The van der Waals surface area contributed by atoms with Crippen molar-refractivity contribution in [1.29, 1.82) is 0 Å². The Bertz CT molecular complexity index is 1160. The molecule has 0 unspecified atom stereocenters. The number of ether oxygens (including phenoxy) is 1. The largest absolute Gasteiger partial charge is 0.497 e. The zero-order chi connectivity index (χ0) is 23.9. The molecule has 2 aromatic carbocycles. The van der Waals surface area contributed by atoms with Crippen molar-refractivity contribution in [3.8, 4) is 5.75 Å². The number of amides is 4. The summed E-state index contributed by atoms with van der Waals surface area (Å²) in [5, 5.41) is 9.69. The summed E-state index contributed by atoms with van der Waals surface area (Å²) in [5.41, 5.74) is 3.16. The molecule has 2 heterocycles. The van der Waals surface area contributed by atoms with Crippen molar-refractivity contribution in [3.63, 3.8) is 0 Å². The van der Waals surface area contributed by atoms with Crippen LogP contribution < -0.4 is 20.7 Å². The Balaban J connectivity index is 1.20. The fourth-order valence-electron chi connectivity index (χ4n) is 3.98. The summed E-state index contributed by atoms with van der Waals surface area (Å²) < 4.78 is 5.20. The molecule has 1 aromatic heterocycles. The standard InChI is InChI=1S/C25H30N6O3/c1-18-16-23(21-8-3-4-9-22(21)27-18)29-24(32)26-10-11-30-12-14-31(15-13-30)25(33)28-19-6-5-7-20(17-19)34-2/h3-9,16-17H,10-15H2,1-2H3,(H,28,33)(H2,26,27,29,32). The number of nitrogens with one attached hydrogen (secondary N) is 3. The monoisotopic (exact) mass is 462 g/mol. The molecule has 3 aromatic rings. The predicted molar refractivity (Wildman–Crippen MR) is 134 cm³/mol. The maximum atomic E-state index is 12.6. The van der Waals surface area contributed by atoms with Gasteiger partial charge in [-0.1, -0.05) is 24.3 Å². The molecule has 9 nitrogen and oxygen atoms in total. The van der Waals surface area contributed by atoms with Crippen molar-refractivity contribution in [2.24, 2.45) is 0 Å². The lowest BCUT2D eigenvalue weighted by Crippen LogP contribution is -2.51. The second kappa shape index (κ2) is 10.8. The Kier molecular flexibility index (Phi) is 7.44. The summed E-state index contributed by atoms with van der Waals surface area (Å²) in [7, 11) is 1.60. The number of carbonyl (C=O) groups is 2. The number of fused-ring (bicyclic) bond motifs is 1. The van der Waals surface area contributed by atoms with Gasteiger partial charge in [0, 0.05) is 62.1 Å². The summed E-state index contributed by atoms with van der Waals surface area (Å²) in [6.45, 7) is 5.91. The van der Waals surface area contributed by atoms with Crippen LogP contribution in [0.5, 0.6) is 5.75 Å². The molecule has 1 aliphatic rings. The minimum absolute atomic E-state index is 0.120. The quantitative estimate of drug-likeness (QED) is 0.521. The van der Waals surface area contributed by atoms with Crippen LogP contribution in [0.2, 0.25) is 0 Å². The Morgan fingerprint density at radius 2 is 1.79 bits per heavy atom. The zero-order valence-corrected chi connectivity index (χ0v) is 19.5. The number of urea groups is 2. The molecule has 0 atom stereocenters. The number of nitrogens with zero attached hydrogens (tertiary/aromatic N) is 3. The van der Waals surface area contributed by atoms with Crippen molar-refractivity contribution < 1.29 is 14.3 Å². The summed E-state index contributed by atoms with van der Waals surface area (Å²) >= 11 is 0. The van der Waals surface area contributed by atoms with Crippen molar-refractivity contribution >= 4 is 34.3 Å². The van der Waals surface area contributed by atoms with Crippen molar-refractivity contribution in [2.45, 2.75) is 6.92 Å². The minimum Gasteiger partial charge on any atom is -0.497 e. The van der Waals surface area contributed by atoms with E-state index < -0.39 is 0 Å². The van der Waals surface area contributed by atoms with Gasteiger partial charge >= 0.3 is 12.1 Å². The van der Waals surface area contributed by atoms with E-state index in [-0.39, 0.29) is 12.1 Å². The molecule has 178 valence electrons. The lowest BCUT2D eigenvalue weighted by atomic mass is 10.1. The SMILES string of the molecule is COc1cccc(NC(=O)N2CCN(CCNC(=O)Nc3cc(C)nc4ccccc34)CC2)c1. The minimum atomic E-state index is -0.243. The topological polar surface area (TPSA) is 98.8 Å². The van der Waals surface area contributed by atoms with E-state index in [9.17, 15) is 9.59 Å². The van der Waals surface area contributed by atoms with Crippen LogP contribution in [0.25, 0.3) is 10.9 Å². The highest BCUT2D eigenvalue weighted by Gasteiger charge is 2.21. The van der Waals surface area contributed by atoms with Crippen LogP contribution in [-0.2, 0) is 0 Å². The number of para-hydroxylation sites is 1. The molecule has 9 heteroatoms. The van der Waals surface area contributed by atoms with Gasteiger partial charge in [0.1, 0.15) is 5.75 Å². The van der Waals surface area contributed by atoms with E-state index in [1.807, 2.05) is 55.5 Å². The van der Waals surface area contributed by atoms with Gasteiger partial charge in [-0.05, 0) is 31.2 Å². The summed E-state index contributed by atoms with van der Waals surface area (Å²) in [5.74, 6) is 0.700. The fraction of sp³-hybridized carbons (Fsp3) is 0.320. The second-order valence-electron chi connectivity index (χ2n) is 8.20. The molecule has 4 rings (SSSR count). The average molecular weight is 463 g/mol. The first kappa shape index (κ1) is 23.3. The Morgan fingerprint density at radius 3 is 2.59 bits per heavy atom. The van der Waals surface area contributed by atoms with Gasteiger partial charge in [-0.3, -0.25) is 9.88 Å². The van der Waals surface area contributed by atoms with Crippen molar-refractivity contribution in [2.75, 3.05) is 57.0 Å². The first-order chi connectivity index (χ1) is 16.5. The highest BCUT2D eigenvalue weighted by atomic mass is 16.5. The highest BCUT2D eigenvalue weighted by Crippen LogP contribution is 2.22. The number of anilines is 2. The predicted octanol–water partition coefficient (Wildman–Crippen LogP) is 3.52. The van der Waals surface area contributed by atoms with Gasteiger partial charge in [0.15, 0.2) is 0 Å². The van der Waals surface area contributed by atoms with Gasteiger partial charge in [-0.15, -0.1) is 0 Å². The van der Waals surface area contributed by atoms with Crippen LogP contribution in [0, 0.1) is 6.92 Å². The highest BCUT2D eigenvalue weighted by molar-refractivity contribution is 6.00. The molecule has 0 spiro atoms. The van der Waals surface area contributed by atoms with Crippen LogP contribution in [0.3, 0.4) is 0 Å². The summed E-state index contributed by atoms with van der Waals surface area (Å²) in [6.07, 6.45) is 0. The lowest BCUT2D eigenvalue weighted by molar-refractivity contribution is 0.148. The number of methoxy groups -OCH3 is 1. The van der Waals surface area contributed by atoms with Gasteiger partial charge in [0.2, 0.25) is 0 Å². The van der Waals surface area contributed by atoms with Crippen molar-refractivity contribution in [1.82, 2.24) is 20.1 Å². The van der Waals surface area contributed by atoms with E-state index in [4.69, 9.17) is 4.74 Å². The third-order valence-electron chi connectivity index (χ3n) is 5.79. The number of aromatic nitrogens is 1. The van der Waals surface area contributed by atoms with Crippen LogP contribution >= 0.6 is 0 Å². The Labute approximate surface area is 199 Å². The van der Waals surface area contributed by atoms with E-state index in [1.165, 1.54) is 0 Å². The third-order valence-corrected chi connectivity index (χ3v) is 5.79. The van der Waals surface area contributed by atoms with Crippen LogP contribution in [0.15, 0.2) is 54.6 Å². The van der Waals surface area contributed by atoms with Crippen LogP contribution in [0.4, 0.5) is 21.0 Å². The van der Waals surface area contributed by atoms with E-state index in [0.29, 0.717) is 31.1 Å². The van der Waals surface area contributed by atoms with E-state index in [0.717, 1.165) is 41.9 Å². The van der Waals surface area contributed by atoms with E-state index in [2.05, 4.69) is 25.8 Å². The maximum Gasteiger partial charge on any atom is 0.321 e. The molecule has 0 bridgehead atoms. The number of pyridine rings is 1. The Hall–Kier alpha value is -3.85. The first-order valence-electron chi connectivity index (χ1n) is 11.4. The number of hydrogen-bond donors (Lipinski definition) is 3.